The van der Waals surface area contributed by atoms with Crippen molar-refractivity contribution in [1.82, 2.24) is 13.9 Å². The third-order valence-electron chi connectivity index (χ3n) is 6.33. The number of aromatic nitrogens is 2. The lowest BCUT2D eigenvalue weighted by molar-refractivity contribution is -0.120. The van der Waals surface area contributed by atoms with E-state index in [2.05, 4.69) is 16.1 Å². The second kappa shape index (κ2) is 9.53. The number of hydrogen-bond donors (Lipinski definition) is 1. The van der Waals surface area contributed by atoms with Crippen molar-refractivity contribution in [2.24, 2.45) is 5.92 Å². The van der Waals surface area contributed by atoms with Crippen molar-refractivity contribution in [1.29, 1.82) is 0 Å². The lowest BCUT2D eigenvalue weighted by Crippen LogP contribution is -2.42. The molecular weight excluding hydrogens is 412 g/mol. The van der Waals surface area contributed by atoms with E-state index in [9.17, 15) is 13.2 Å². The molecule has 1 aromatic heterocycles. The Kier molecular flexibility index (Phi) is 6.77. The topological polar surface area (TPSA) is 84.3 Å². The molecule has 0 saturated carbocycles. The minimum absolute atomic E-state index is 0.0317. The molecule has 3 heterocycles. The van der Waals surface area contributed by atoms with Crippen LogP contribution in [0.5, 0.6) is 0 Å². The number of fused-ring (bicyclic) bond motifs is 1. The first-order chi connectivity index (χ1) is 15.0. The Morgan fingerprint density at radius 3 is 2.55 bits per heavy atom. The lowest BCUT2D eigenvalue weighted by atomic mass is 9.97. The highest BCUT2D eigenvalue weighted by molar-refractivity contribution is 7.89. The van der Waals surface area contributed by atoms with Crippen molar-refractivity contribution in [3.8, 4) is 11.3 Å². The Morgan fingerprint density at radius 1 is 1.13 bits per heavy atom. The van der Waals surface area contributed by atoms with Crippen LogP contribution >= 0.6 is 0 Å². The van der Waals surface area contributed by atoms with Gasteiger partial charge in [-0.1, -0.05) is 25.5 Å². The van der Waals surface area contributed by atoms with E-state index in [0.29, 0.717) is 32.4 Å². The number of unbranched alkanes of at least 4 members (excludes halogenated alkanes) is 1. The van der Waals surface area contributed by atoms with Gasteiger partial charge in [-0.3, -0.25) is 4.79 Å². The van der Waals surface area contributed by atoms with Gasteiger partial charge in [0.25, 0.3) is 0 Å². The molecule has 1 amide bonds. The first kappa shape index (κ1) is 22.0. The van der Waals surface area contributed by atoms with E-state index in [1.54, 1.807) is 4.31 Å². The third-order valence-corrected chi connectivity index (χ3v) is 8.29. The number of piperidine rings is 1. The fourth-order valence-corrected chi connectivity index (χ4v) is 6.05. The van der Waals surface area contributed by atoms with Crippen molar-refractivity contribution in [2.75, 3.05) is 24.2 Å². The highest BCUT2D eigenvalue weighted by atomic mass is 32.2. The van der Waals surface area contributed by atoms with E-state index in [-0.39, 0.29) is 17.6 Å². The molecule has 1 saturated heterocycles. The van der Waals surface area contributed by atoms with E-state index in [1.165, 1.54) is 12.8 Å². The number of sulfonamides is 1. The number of imidazole rings is 1. The van der Waals surface area contributed by atoms with Gasteiger partial charge in [0.15, 0.2) is 0 Å². The highest BCUT2D eigenvalue weighted by Crippen LogP contribution is 2.25. The fraction of sp³-hybridized carbons (Fsp3) is 0.565. The van der Waals surface area contributed by atoms with Crippen LogP contribution in [-0.2, 0) is 27.8 Å². The number of anilines is 1. The summed E-state index contributed by atoms with van der Waals surface area (Å²) < 4.78 is 28.5. The first-order valence-electron chi connectivity index (χ1n) is 11.4. The maximum atomic E-state index is 12.7. The summed E-state index contributed by atoms with van der Waals surface area (Å²) in [6.45, 7) is 3.87. The second-order valence-corrected chi connectivity index (χ2v) is 10.7. The number of carbonyl (C=O) groups is 1. The number of nitrogens with zero attached hydrogens (tertiary/aromatic N) is 3. The molecule has 0 aliphatic carbocycles. The molecule has 2 aliphatic rings. The summed E-state index contributed by atoms with van der Waals surface area (Å²) in [5.41, 5.74) is 2.78. The molecule has 8 heteroatoms. The summed E-state index contributed by atoms with van der Waals surface area (Å²) in [6, 6.07) is 7.81. The maximum Gasteiger partial charge on any atom is 0.227 e. The third kappa shape index (κ3) is 5.18. The Bertz CT molecular complexity index is 982. The molecule has 1 fully saturated rings. The van der Waals surface area contributed by atoms with Crippen LogP contribution in [0.3, 0.4) is 0 Å². The molecule has 2 aliphatic heterocycles. The number of benzene rings is 1. The lowest BCUT2D eigenvalue weighted by Gasteiger charge is -2.30. The van der Waals surface area contributed by atoms with Crippen LogP contribution in [0, 0.1) is 5.92 Å². The number of aryl methyl sites for hydroxylation is 2. The molecule has 0 unspecified atom stereocenters. The van der Waals surface area contributed by atoms with Crippen molar-refractivity contribution >= 4 is 21.6 Å². The normalized spacial score (nSPS) is 18.0. The SMILES string of the molecule is CCCCS(=O)(=O)N1CCC(C(=O)Nc2ccc(-c3cn4c(n3)CCCC4)cc2)CC1. The minimum Gasteiger partial charge on any atom is -0.334 e. The number of nitrogens with one attached hydrogen (secondary N) is 1. The number of rotatable bonds is 7. The van der Waals surface area contributed by atoms with Gasteiger partial charge < -0.3 is 9.88 Å². The Labute approximate surface area is 184 Å². The average molecular weight is 445 g/mol. The average Bonchev–Trinajstić information content (AvgIpc) is 3.22. The van der Waals surface area contributed by atoms with Gasteiger partial charge in [-0.15, -0.1) is 0 Å². The maximum absolute atomic E-state index is 12.7. The van der Waals surface area contributed by atoms with E-state index in [1.807, 2.05) is 31.2 Å². The molecule has 0 bridgehead atoms. The summed E-state index contributed by atoms with van der Waals surface area (Å²) in [5.74, 6) is 1.17. The number of carbonyl (C=O) groups excluding carboxylic acids is 1. The second-order valence-electron chi connectivity index (χ2n) is 8.60. The summed E-state index contributed by atoms with van der Waals surface area (Å²) in [5, 5.41) is 2.99. The summed E-state index contributed by atoms with van der Waals surface area (Å²) >= 11 is 0. The number of hydrogen-bond acceptors (Lipinski definition) is 4. The molecule has 4 rings (SSSR count). The Hall–Kier alpha value is -2.19. The zero-order chi connectivity index (χ0) is 21.8. The van der Waals surface area contributed by atoms with Crippen LogP contribution in [0.4, 0.5) is 5.69 Å². The zero-order valence-electron chi connectivity index (χ0n) is 18.2. The van der Waals surface area contributed by atoms with Gasteiger partial charge in [0, 0.05) is 49.4 Å². The van der Waals surface area contributed by atoms with Gasteiger partial charge in [0.05, 0.1) is 11.4 Å². The van der Waals surface area contributed by atoms with Gasteiger partial charge in [-0.25, -0.2) is 17.7 Å². The van der Waals surface area contributed by atoms with Gasteiger partial charge >= 0.3 is 0 Å². The van der Waals surface area contributed by atoms with Crippen LogP contribution in [0.15, 0.2) is 30.5 Å². The summed E-state index contributed by atoms with van der Waals surface area (Å²) in [6.07, 6.45) is 8.23. The summed E-state index contributed by atoms with van der Waals surface area (Å²) in [4.78, 5) is 17.4. The molecule has 7 nitrogen and oxygen atoms in total. The molecule has 1 aromatic carbocycles. The van der Waals surface area contributed by atoms with Crippen LogP contribution in [0.2, 0.25) is 0 Å². The van der Waals surface area contributed by atoms with E-state index >= 15 is 0 Å². The smallest absolute Gasteiger partial charge is 0.227 e. The largest absolute Gasteiger partial charge is 0.334 e. The molecule has 0 atom stereocenters. The monoisotopic (exact) mass is 444 g/mol. The van der Waals surface area contributed by atoms with E-state index < -0.39 is 10.0 Å². The standard InChI is InChI=1S/C23H32N4O3S/c1-2-3-16-31(29,30)27-14-11-19(12-15-27)23(28)24-20-9-7-18(8-10-20)21-17-26-13-5-4-6-22(26)25-21/h7-10,17,19H,2-6,11-16H2,1H3,(H,24,28). The highest BCUT2D eigenvalue weighted by Gasteiger charge is 2.30. The molecule has 168 valence electrons. The molecule has 2 aromatic rings. The zero-order valence-corrected chi connectivity index (χ0v) is 19.0. The van der Waals surface area contributed by atoms with Crippen molar-refractivity contribution < 1.29 is 13.2 Å². The quantitative estimate of drug-likeness (QED) is 0.706. The van der Waals surface area contributed by atoms with Gasteiger partial charge in [-0.2, -0.15) is 0 Å². The first-order valence-corrected chi connectivity index (χ1v) is 13.0. The molecule has 1 N–H and O–H groups in total. The minimum atomic E-state index is -3.19. The molecule has 31 heavy (non-hydrogen) atoms. The molecular formula is C23H32N4O3S. The van der Waals surface area contributed by atoms with Crippen molar-refractivity contribution in [3.63, 3.8) is 0 Å². The van der Waals surface area contributed by atoms with Gasteiger partial charge in [-0.05, 0) is 44.2 Å². The van der Waals surface area contributed by atoms with E-state index in [4.69, 9.17) is 4.98 Å². The van der Waals surface area contributed by atoms with Crippen LogP contribution < -0.4 is 5.32 Å². The van der Waals surface area contributed by atoms with E-state index in [0.717, 1.165) is 42.2 Å². The predicted molar refractivity (Wildman–Crippen MR) is 122 cm³/mol. The Morgan fingerprint density at radius 2 is 1.87 bits per heavy atom. The molecule has 0 radical (unpaired) electrons. The van der Waals surface area contributed by atoms with Crippen LogP contribution in [-0.4, -0.2) is 47.0 Å². The van der Waals surface area contributed by atoms with Gasteiger partial charge in [0.1, 0.15) is 5.82 Å². The Balaban J connectivity index is 1.32. The van der Waals surface area contributed by atoms with Crippen LogP contribution in [0.25, 0.3) is 11.3 Å². The predicted octanol–water partition coefficient (Wildman–Crippen LogP) is 3.67. The number of amides is 1. The summed E-state index contributed by atoms with van der Waals surface area (Å²) in [7, 11) is -3.19. The van der Waals surface area contributed by atoms with Gasteiger partial charge in [0.2, 0.25) is 15.9 Å². The fourth-order valence-electron chi connectivity index (χ4n) is 4.37. The molecule has 0 spiro atoms. The van der Waals surface area contributed by atoms with Crippen molar-refractivity contribution in [2.45, 2.75) is 58.4 Å². The van der Waals surface area contributed by atoms with Crippen molar-refractivity contribution in [3.05, 3.63) is 36.3 Å². The van der Waals surface area contributed by atoms with Crippen LogP contribution in [0.1, 0.15) is 51.3 Å².